The van der Waals surface area contributed by atoms with Crippen molar-refractivity contribution in [1.29, 1.82) is 0 Å². The zero-order chi connectivity index (χ0) is 19.5. The van der Waals surface area contributed by atoms with Crippen molar-refractivity contribution in [3.05, 3.63) is 84.4 Å². The summed E-state index contributed by atoms with van der Waals surface area (Å²) in [6.45, 7) is 0. The van der Waals surface area contributed by atoms with Crippen LogP contribution in [0.15, 0.2) is 78.9 Å². The zero-order valence-corrected chi connectivity index (χ0v) is 15.2. The van der Waals surface area contributed by atoms with Crippen LogP contribution in [0.1, 0.15) is 10.4 Å². The number of hydrogen-bond acceptors (Lipinski definition) is 4. The van der Waals surface area contributed by atoms with Crippen LogP contribution in [0.2, 0.25) is 0 Å². The number of carboxylic acid groups (broad SMARTS) is 1. The maximum Gasteiger partial charge on any atom is 0.138 e. The standard InChI is InChI=1S/C23H18N2O3/c1-28-19-13-11-16(12-14-19)21-20(15-5-3-2-4-6-15)24-22(25-21)17-7-9-18(10-8-17)23(26)27/h2-14H,1H3,(H,24,25)(H,26,27)/p-1. The normalized spacial score (nSPS) is 10.6. The Bertz CT molecular complexity index is 1100. The van der Waals surface area contributed by atoms with E-state index < -0.39 is 5.97 Å². The van der Waals surface area contributed by atoms with E-state index in [1.807, 2.05) is 54.6 Å². The molecule has 0 fully saturated rings. The lowest BCUT2D eigenvalue weighted by Gasteiger charge is -2.05. The molecule has 0 spiro atoms. The summed E-state index contributed by atoms with van der Waals surface area (Å²) in [7, 11) is 1.63. The molecule has 0 aliphatic heterocycles. The van der Waals surface area contributed by atoms with E-state index in [1.165, 1.54) is 12.1 Å². The van der Waals surface area contributed by atoms with Gasteiger partial charge in [-0.15, -0.1) is 0 Å². The summed E-state index contributed by atoms with van der Waals surface area (Å²) in [5.74, 6) is 0.243. The van der Waals surface area contributed by atoms with Crippen LogP contribution in [0, 0.1) is 0 Å². The molecule has 138 valence electrons. The lowest BCUT2D eigenvalue weighted by molar-refractivity contribution is -0.255. The largest absolute Gasteiger partial charge is 0.545 e. The van der Waals surface area contributed by atoms with Crippen LogP contribution < -0.4 is 9.84 Å². The molecule has 3 aromatic carbocycles. The number of imidazole rings is 1. The second-order valence-electron chi connectivity index (χ2n) is 6.27. The van der Waals surface area contributed by atoms with Crippen molar-refractivity contribution in [2.75, 3.05) is 7.11 Å². The van der Waals surface area contributed by atoms with Gasteiger partial charge in [-0.25, -0.2) is 4.98 Å². The molecule has 0 bridgehead atoms. The summed E-state index contributed by atoms with van der Waals surface area (Å²) < 4.78 is 5.25. The van der Waals surface area contributed by atoms with E-state index >= 15 is 0 Å². The number of methoxy groups -OCH3 is 1. The summed E-state index contributed by atoms with van der Waals surface area (Å²) in [6.07, 6.45) is 0. The predicted molar refractivity (Wildman–Crippen MR) is 106 cm³/mol. The fraction of sp³-hybridized carbons (Fsp3) is 0.0435. The molecule has 28 heavy (non-hydrogen) atoms. The van der Waals surface area contributed by atoms with Crippen LogP contribution in [-0.2, 0) is 0 Å². The topological polar surface area (TPSA) is 78.0 Å². The van der Waals surface area contributed by atoms with Crippen molar-refractivity contribution in [2.45, 2.75) is 0 Å². The molecule has 0 unspecified atom stereocenters. The van der Waals surface area contributed by atoms with E-state index in [9.17, 15) is 9.90 Å². The number of benzene rings is 3. The SMILES string of the molecule is COc1ccc(-c2[nH]c(-c3ccc(C(=O)[O-])cc3)nc2-c2ccccc2)cc1. The van der Waals surface area contributed by atoms with Crippen molar-refractivity contribution in [3.8, 4) is 39.7 Å². The minimum atomic E-state index is -1.20. The summed E-state index contributed by atoms with van der Waals surface area (Å²) >= 11 is 0. The van der Waals surface area contributed by atoms with Crippen LogP contribution in [0.3, 0.4) is 0 Å². The predicted octanol–water partition coefficient (Wildman–Crippen LogP) is 3.78. The number of carboxylic acids is 1. The van der Waals surface area contributed by atoms with Crippen LogP contribution in [0.4, 0.5) is 0 Å². The number of carbonyl (C=O) groups is 1. The number of nitrogens with zero attached hydrogens (tertiary/aromatic N) is 1. The first-order valence-electron chi connectivity index (χ1n) is 8.77. The summed E-state index contributed by atoms with van der Waals surface area (Å²) in [4.78, 5) is 19.2. The summed E-state index contributed by atoms with van der Waals surface area (Å²) in [5.41, 5.74) is 4.60. The van der Waals surface area contributed by atoms with E-state index in [-0.39, 0.29) is 5.56 Å². The van der Waals surface area contributed by atoms with Crippen LogP contribution >= 0.6 is 0 Å². The van der Waals surface area contributed by atoms with Crippen molar-refractivity contribution < 1.29 is 14.6 Å². The number of ether oxygens (including phenoxy) is 1. The molecule has 0 saturated heterocycles. The van der Waals surface area contributed by atoms with E-state index in [2.05, 4.69) is 4.98 Å². The first-order chi connectivity index (χ1) is 13.7. The van der Waals surface area contributed by atoms with Crippen LogP contribution in [0.5, 0.6) is 5.75 Å². The van der Waals surface area contributed by atoms with Gasteiger partial charge in [0.1, 0.15) is 11.6 Å². The maximum absolute atomic E-state index is 11.0. The van der Waals surface area contributed by atoms with Gasteiger partial charge in [-0.1, -0.05) is 54.6 Å². The third-order valence-corrected chi connectivity index (χ3v) is 4.52. The van der Waals surface area contributed by atoms with Crippen molar-refractivity contribution in [3.63, 3.8) is 0 Å². The average molecular weight is 369 g/mol. The van der Waals surface area contributed by atoms with Crippen LogP contribution in [0.25, 0.3) is 33.9 Å². The van der Waals surface area contributed by atoms with Crippen LogP contribution in [-0.4, -0.2) is 23.0 Å². The summed E-state index contributed by atoms with van der Waals surface area (Å²) in [6, 6.07) is 24.1. The van der Waals surface area contributed by atoms with Crippen molar-refractivity contribution >= 4 is 5.97 Å². The number of nitrogens with one attached hydrogen (secondary N) is 1. The van der Waals surface area contributed by atoms with Gasteiger partial charge in [0.25, 0.3) is 0 Å². The second kappa shape index (κ2) is 7.40. The first kappa shape index (κ1) is 17.5. The Labute approximate surface area is 162 Å². The van der Waals surface area contributed by atoms with Gasteiger partial charge in [0.2, 0.25) is 0 Å². The molecular weight excluding hydrogens is 352 g/mol. The van der Waals surface area contributed by atoms with Gasteiger partial charge in [-0.3, -0.25) is 0 Å². The molecule has 1 aromatic heterocycles. The molecule has 5 heteroatoms. The fourth-order valence-electron chi connectivity index (χ4n) is 3.05. The zero-order valence-electron chi connectivity index (χ0n) is 15.2. The molecule has 4 aromatic rings. The molecule has 1 N–H and O–H groups in total. The number of H-pyrrole nitrogens is 1. The van der Waals surface area contributed by atoms with Gasteiger partial charge in [0.05, 0.1) is 24.5 Å². The Morgan fingerprint density at radius 2 is 1.50 bits per heavy atom. The molecule has 0 radical (unpaired) electrons. The summed E-state index contributed by atoms with van der Waals surface area (Å²) in [5, 5.41) is 11.0. The average Bonchev–Trinajstić information content (AvgIpc) is 3.20. The van der Waals surface area contributed by atoms with Gasteiger partial charge < -0.3 is 19.6 Å². The Morgan fingerprint density at radius 1 is 0.857 bits per heavy atom. The Kier molecular flexibility index (Phi) is 4.64. The van der Waals surface area contributed by atoms with E-state index in [0.29, 0.717) is 5.82 Å². The molecule has 0 aliphatic rings. The van der Waals surface area contributed by atoms with Gasteiger partial charge in [0, 0.05) is 16.7 Å². The number of hydrogen-bond donors (Lipinski definition) is 1. The van der Waals surface area contributed by atoms with Crippen molar-refractivity contribution in [2.24, 2.45) is 0 Å². The maximum atomic E-state index is 11.0. The quantitative estimate of drug-likeness (QED) is 0.581. The lowest BCUT2D eigenvalue weighted by Crippen LogP contribution is -2.21. The van der Waals surface area contributed by atoms with Gasteiger partial charge in [-0.05, 0) is 29.8 Å². The van der Waals surface area contributed by atoms with Crippen molar-refractivity contribution in [1.82, 2.24) is 9.97 Å². The Balaban J connectivity index is 1.83. The molecule has 1 heterocycles. The molecule has 0 amide bonds. The third-order valence-electron chi connectivity index (χ3n) is 4.52. The minimum absolute atomic E-state index is 0.133. The Morgan fingerprint density at radius 3 is 2.11 bits per heavy atom. The van der Waals surface area contributed by atoms with E-state index in [1.54, 1.807) is 19.2 Å². The molecule has 5 nitrogen and oxygen atoms in total. The lowest BCUT2D eigenvalue weighted by atomic mass is 10.1. The molecule has 0 saturated carbocycles. The highest BCUT2D eigenvalue weighted by atomic mass is 16.5. The highest BCUT2D eigenvalue weighted by Gasteiger charge is 2.15. The van der Waals surface area contributed by atoms with Gasteiger partial charge >= 0.3 is 0 Å². The highest BCUT2D eigenvalue weighted by Crippen LogP contribution is 2.33. The second-order valence-corrected chi connectivity index (χ2v) is 6.27. The van der Waals surface area contributed by atoms with Gasteiger partial charge in [0.15, 0.2) is 0 Å². The van der Waals surface area contributed by atoms with E-state index in [4.69, 9.17) is 9.72 Å². The first-order valence-corrected chi connectivity index (χ1v) is 8.77. The highest BCUT2D eigenvalue weighted by molar-refractivity contribution is 5.87. The number of aromatic amines is 1. The fourth-order valence-corrected chi connectivity index (χ4v) is 3.05. The molecular formula is C23H17N2O3-. The number of carbonyl (C=O) groups excluding carboxylic acids is 1. The smallest absolute Gasteiger partial charge is 0.138 e. The molecule has 4 rings (SSSR count). The molecule has 0 atom stereocenters. The number of aromatic carboxylic acids is 1. The van der Waals surface area contributed by atoms with Gasteiger partial charge in [-0.2, -0.15) is 0 Å². The third kappa shape index (κ3) is 3.38. The minimum Gasteiger partial charge on any atom is -0.545 e. The van der Waals surface area contributed by atoms with E-state index in [0.717, 1.165) is 33.8 Å². The Hall–Kier alpha value is -3.86. The monoisotopic (exact) mass is 369 g/mol. The number of rotatable bonds is 5. The molecule has 0 aliphatic carbocycles. The number of aromatic nitrogens is 2.